The summed E-state index contributed by atoms with van der Waals surface area (Å²) in [6.45, 7) is 6.42. The maximum atomic E-state index is 12.6. The molecule has 0 aromatic heterocycles. The van der Waals surface area contributed by atoms with Gasteiger partial charge in [-0.2, -0.15) is 0 Å². The van der Waals surface area contributed by atoms with Gasteiger partial charge < -0.3 is 24.4 Å². The number of aliphatic hydroxyl groups excluding tert-OH is 1. The molecular weight excluding hydrogens is 328 g/mol. The first-order valence-electron chi connectivity index (χ1n) is 8.74. The maximum Gasteiger partial charge on any atom is 0.314 e. The van der Waals surface area contributed by atoms with Gasteiger partial charge in [0, 0.05) is 26.2 Å². The van der Waals surface area contributed by atoms with Gasteiger partial charge in [-0.05, 0) is 33.6 Å². The molecular formula is C17H28N2O6. The van der Waals surface area contributed by atoms with E-state index in [-0.39, 0.29) is 25.2 Å². The maximum absolute atomic E-state index is 12.6. The molecule has 1 N–H and O–H groups in total. The summed E-state index contributed by atoms with van der Waals surface area (Å²) in [6, 6.07) is -0.164. The summed E-state index contributed by atoms with van der Waals surface area (Å²) >= 11 is 0. The van der Waals surface area contributed by atoms with E-state index < -0.39 is 29.4 Å². The standard InChI is InChI=1S/C17H28N2O6/c1-5-25-16(23)13-14(21)15(22)19(11(2)3)17(13)6-8-18(9-7-17)12(20)10-24-4/h11,13-14,21H,5-10H2,1-4H3/t13-,14-/m1/s1. The predicted molar refractivity (Wildman–Crippen MR) is 88.5 cm³/mol. The zero-order valence-corrected chi connectivity index (χ0v) is 15.4. The number of hydrogen-bond acceptors (Lipinski definition) is 6. The lowest BCUT2D eigenvalue weighted by Crippen LogP contribution is -2.60. The number of piperidine rings is 1. The number of carbonyl (C=O) groups excluding carboxylic acids is 3. The van der Waals surface area contributed by atoms with Gasteiger partial charge in [-0.15, -0.1) is 0 Å². The van der Waals surface area contributed by atoms with Crippen LogP contribution < -0.4 is 0 Å². The molecule has 2 aliphatic heterocycles. The van der Waals surface area contributed by atoms with Crippen LogP contribution in [0.25, 0.3) is 0 Å². The van der Waals surface area contributed by atoms with Crippen molar-refractivity contribution in [2.45, 2.75) is 51.3 Å². The molecule has 2 heterocycles. The van der Waals surface area contributed by atoms with Crippen molar-refractivity contribution in [3.8, 4) is 0 Å². The highest BCUT2D eigenvalue weighted by Crippen LogP contribution is 2.45. The third-order valence-corrected chi connectivity index (χ3v) is 5.17. The lowest BCUT2D eigenvalue weighted by molar-refractivity contribution is -0.157. The first-order chi connectivity index (χ1) is 11.8. The number of ether oxygens (including phenoxy) is 2. The number of amides is 2. The molecule has 2 fully saturated rings. The van der Waals surface area contributed by atoms with Crippen LogP contribution in [0.1, 0.15) is 33.6 Å². The van der Waals surface area contributed by atoms with E-state index in [1.54, 1.807) is 16.7 Å². The van der Waals surface area contributed by atoms with Crippen molar-refractivity contribution in [3.05, 3.63) is 0 Å². The van der Waals surface area contributed by atoms with Crippen molar-refractivity contribution in [3.63, 3.8) is 0 Å². The molecule has 0 aromatic carbocycles. The van der Waals surface area contributed by atoms with E-state index in [0.717, 1.165) is 0 Å². The first-order valence-corrected chi connectivity index (χ1v) is 8.74. The fraction of sp³-hybridized carbons (Fsp3) is 0.824. The van der Waals surface area contributed by atoms with Gasteiger partial charge in [-0.3, -0.25) is 14.4 Å². The van der Waals surface area contributed by atoms with Gasteiger partial charge in [-0.25, -0.2) is 0 Å². The third kappa shape index (κ3) is 3.37. The highest BCUT2D eigenvalue weighted by atomic mass is 16.5. The topological polar surface area (TPSA) is 96.4 Å². The minimum Gasteiger partial charge on any atom is -0.466 e. The Kier molecular flexibility index (Phi) is 6.05. The van der Waals surface area contributed by atoms with Crippen LogP contribution >= 0.6 is 0 Å². The van der Waals surface area contributed by atoms with Crippen molar-refractivity contribution < 1.29 is 29.0 Å². The van der Waals surface area contributed by atoms with E-state index >= 15 is 0 Å². The Morgan fingerprint density at radius 3 is 2.40 bits per heavy atom. The van der Waals surface area contributed by atoms with Crippen LogP contribution in [-0.2, 0) is 23.9 Å². The number of likely N-dealkylation sites (tertiary alicyclic amines) is 2. The molecule has 2 saturated heterocycles. The van der Waals surface area contributed by atoms with E-state index in [1.807, 2.05) is 13.8 Å². The fourth-order valence-electron chi connectivity index (χ4n) is 4.21. The highest BCUT2D eigenvalue weighted by Gasteiger charge is 2.62. The molecule has 2 aliphatic rings. The molecule has 25 heavy (non-hydrogen) atoms. The van der Waals surface area contributed by atoms with Gasteiger partial charge in [0.25, 0.3) is 5.91 Å². The van der Waals surface area contributed by atoms with Gasteiger partial charge in [0.2, 0.25) is 5.91 Å². The van der Waals surface area contributed by atoms with Crippen LogP contribution in [0.15, 0.2) is 0 Å². The normalized spacial score (nSPS) is 25.8. The summed E-state index contributed by atoms with van der Waals surface area (Å²) < 4.78 is 10.0. The van der Waals surface area contributed by atoms with Crippen LogP contribution in [-0.4, -0.2) is 83.8 Å². The summed E-state index contributed by atoms with van der Waals surface area (Å²) in [6.07, 6.45) is -0.553. The molecule has 0 bridgehead atoms. The van der Waals surface area contributed by atoms with Crippen molar-refractivity contribution >= 4 is 17.8 Å². The summed E-state index contributed by atoms with van der Waals surface area (Å²) in [5.74, 6) is -2.04. The molecule has 2 amide bonds. The van der Waals surface area contributed by atoms with E-state index in [0.29, 0.717) is 25.9 Å². The zero-order chi connectivity index (χ0) is 18.8. The van der Waals surface area contributed by atoms with Gasteiger partial charge in [0.15, 0.2) is 0 Å². The quantitative estimate of drug-likeness (QED) is 0.685. The highest BCUT2D eigenvalue weighted by molar-refractivity contribution is 5.93. The molecule has 0 radical (unpaired) electrons. The molecule has 142 valence electrons. The average Bonchev–Trinajstić information content (AvgIpc) is 2.76. The number of hydrogen-bond donors (Lipinski definition) is 1. The second-order valence-corrected chi connectivity index (χ2v) is 6.89. The Labute approximate surface area is 148 Å². The van der Waals surface area contributed by atoms with Crippen molar-refractivity contribution in [1.29, 1.82) is 0 Å². The smallest absolute Gasteiger partial charge is 0.314 e. The largest absolute Gasteiger partial charge is 0.466 e. The average molecular weight is 356 g/mol. The molecule has 0 unspecified atom stereocenters. The van der Waals surface area contributed by atoms with Crippen LogP contribution in [0, 0.1) is 5.92 Å². The number of methoxy groups -OCH3 is 1. The van der Waals surface area contributed by atoms with E-state index in [9.17, 15) is 19.5 Å². The van der Waals surface area contributed by atoms with Crippen LogP contribution in [0.3, 0.4) is 0 Å². The van der Waals surface area contributed by atoms with Crippen molar-refractivity contribution in [2.24, 2.45) is 5.92 Å². The van der Waals surface area contributed by atoms with E-state index in [4.69, 9.17) is 9.47 Å². The minimum absolute atomic E-state index is 0.00373. The summed E-state index contributed by atoms with van der Waals surface area (Å²) in [5.41, 5.74) is -0.819. The molecule has 2 rings (SSSR count). The molecule has 8 nitrogen and oxygen atoms in total. The second-order valence-electron chi connectivity index (χ2n) is 6.89. The summed E-state index contributed by atoms with van der Waals surface area (Å²) in [4.78, 5) is 40.5. The lowest BCUT2D eigenvalue weighted by Gasteiger charge is -2.48. The third-order valence-electron chi connectivity index (χ3n) is 5.17. The number of nitrogens with zero attached hydrogens (tertiary/aromatic N) is 2. The van der Waals surface area contributed by atoms with Gasteiger partial charge >= 0.3 is 5.97 Å². The summed E-state index contributed by atoms with van der Waals surface area (Å²) in [7, 11) is 1.46. The number of esters is 1. The Morgan fingerprint density at radius 1 is 1.32 bits per heavy atom. The second kappa shape index (κ2) is 7.70. The van der Waals surface area contributed by atoms with Crippen LogP contribution in [0.2, 0.25) is 0 Å². The van der Waals surface area contributed by atoms with Gasteiger partial charge in [0.05, 0.1) is 12.1 Å². The van der Waals surface area contributed by atoms with Crippen LogP contribution in [0.5, 0.6) is 0 Å². The SMILES string of the molecule is CCOC(=O)[C@H]1[C@@H](O)C(=O)N(C(C)C)C12CCN(C(=O)COC)CC2. The Hall–Kier alpha value is -1.67. The zero-order valence-electron chi connectivity index (χ0n) is 15.4. The lowest BCUT2D eigenvalue weighted by atomic mass is 9.75. The molecule has 1 spiro atoms. The fourth-order valence-corrected chi connectivity index (χ4v) is 4.21. The Morgan fingerprint density at radius 2 is 1.92 bits per heavy atom. The van der Waals surface area contributed by atoms with Gasteiger partial charge in [0.1, 0.15) is 18.6 Å². The molecule has 0 aliphatic carbocycles. The Balaban J connectivity index is 2.30. The number of aliphatic hydroxyl groups is 1. The van der Waals surface area contributed by atoms with E-state index in [1.165, 1.54) is 7.11 Å². The summed E-state index contributed by atoms with van der Waals surface area (Å²) in [5, 5.41) is 10.5. The predicted octanol–water partition coefficient (Wildman–Crippen LogP) is -0.215. The minimum atomic E-state index is -1.40. The van der Waals surface area contributed by atoms with Crippen LogP contribution in [0.4, 0.5) is 0 Å². The van der Waals surface area contributed by atoms with Crippen molar-refractivity contribution in [1.82, 2.24) is 9.80 Å². The number of rotatable bonds is 5. The van der Waals surface area contributed by atoms with Crippen molar-refractivity contribution in [2.75, 3.05) is 33.4 Å². The Bertz CT molecular complexity index is 527. The molecule has 8 heteroatoms. The van der Waals surface area contributed by atoms with Gasteiger partial charge in [-0.1, -0.05) is 0 Å². The van der Waals surface area contributed by atoms with E-state index in [2.05, 4.69) is 0 Å². The molecule has 0 saturated carbocycles. The molecule has 0 aromatic rings. The first kappa shape index (κ1) is 19.7. The number of carbonyl (C=O) groups is 3. The molecule has 2 atom stereocenters. The monoisotopic (exact) mass is 356 g/mol.